The average Bonchev–Trinajstić information content (AvgIpc) is 2.94. The summed E-state index contributed by atoms with van der Waals surface area (Å²) in [5, 5.41) is 10.8. The molecule has 1 N–H and O–H groups in total. The number of hydrogen-bond acceptors (Lipinski definition) is 8. The maximum Gasteiger partial charge on any atom is 0.338 e. The van der Waals surface area contributed by atoms with E-state index in [1.807, 2.05) is 48.5 Å². The molecule has 0 saturated heterocycles. The quantitative estimate of drug-likeness (QED) is 0.180. The predicted molar refractivity (Wildman–Crippen MR) is 145 cm³/mol. The highest BCUT2D eigenvalue weighted by molar-refractivity contribution is 7.99. The minimum Gasteiger partial charge on any atom is -0.452 e. The first kappa shape index (κ1) is 25.9. The fraction of sp³-hybridized carbons (Fsp3) is 0.0370. The van der Waals surface area contributed by atoms with Crippen LogP contribution in [0.25, 0.3) is 0 Å². The molecular formula is C27H19N3O7S2. The molecule has 0 spiro atoms. The Labute approximate surface area is 227 Å². The van der Waals surface area contributed by atoms with Gasteiger partial charge in [0.2, 0.25) is 0 Å². The van der Waals surface area contributed by atoms with E-state index < -0.39 is 33.4 Å². The Morgan fingerprint density at radius 2 is 1.49 bits per heavy atom. The number of hydrogen-bond donors (Lipinski definition) is 1. The van der Waals surface area contributed by atoms with Gasteiger partial charge in [0.15, 0.2) is 6.61 Å². The summed E-state index contributed by atoms with van der Waals surface area (Å²) in [7, 11) is -4.12. The third kappa shape index (κ3) is 5.47. The second kappa shape index (κ2) is 10.6. The normalized spacial score (nSPS) is 12.2. The maximum atomic E-state index is 13.2. The number of para-hydroxylation sites is 2. The van der Waals surface area contributed by atoms with Crippen LogP contribution in [0, 0.1) is 10.1 Å². The lowest BCUT2D eigenvalue weighted by Gasteiger charge is -2.30. The number of nitrogens with zero attached hydrogens (tertiary/aromatic N) is 2. The molecule has 0 bridgehead atoms. The maximum absolute atomic E-state index is 13.2. The number of nitro benzene ring substituents is 1. The van der Waals surface area contributed by atoms with Gasteiger partial charge in [-0.3, -0.25) is 24.5 Å². The first-order valence-electron chi connectivity index (χ1n) is 11.5. The van der Waals surface area contributed by atoms with Gasteiger partial charge < -0.3 is 4.74 Å². The number of benzene rings is 4. The van der Waals surface area contributed by atoms with Crippen molar-refractivity contribution in [1.82, 2.24) is 0 Å². The van der Waals surface area contributed by atoms with Crippen LogP contribution in [0.4, 0.5) is 22.7 Å². The molecule has 0 unspecified atom stereocenters. The number of rotatable bonds is 7. The molecule has 0 saturated carbocycles. The number of ether oxygens (including phenoxy) is 1. The van der Waals surface area contributed by atoms with E-state index in [1.165, 1.54) is 59.1 Å². The van der Waals surface area contributed by atoms with Crippen molar-refractivity contribution in [2.75, 3.05) is 16.2 Å². The summed E-state index contributed by atoms with van der Waals surface area (Å²) in [6.07, 6.45) is 0. The Morgan fingerprint density at radius 3 is 2.10 bits per heavy atom. The molecule has 0 atom stereocenters. The number of sulfonamides is 1. The lowest BCUT2D eigenvalue weighted by molar-refractivity contribution is -0.384. The molecule has 196 valence electrons. The topological polar surface area (TPSA) is 136 Å². The molecular weight excluding hydrogens is 542 g/mol. The Balaban J connectivity index is 1.30. The summed E-state index contributed by atoms with van der Waals surface area (Å²) < 4.78 is 33.3. The molecule has 5 rings (SSSR count). The van der Waals surface area contributed by atoms with Gasteiger partial charge in [0.25, 0.3) is 21.6 Å². The first-order valence-corrected chi connectivity index (χ1v) is 13.8. The third-order valence-corrected chi connectivity index (χ3v) is 8.23. The number of fused-ring (bicyclic) bond motifs is 2. The standard InChI is InChI=1S/C27H19N3O7S2/c31-26(29-22-8-1-3-10-24(22)38-25-11-4-2-9-23(25)29)17-37-27(32)18-6-5-7-21(16-18)39(35,36)28-19-12-14-20(15-13-19)30(33)34/h1-16,28H,17H2. The number of non-ortho nitro benzene ring substituents is 1. The van der Waals surface area contributed by atoms with E-state index in [4.69, 9.17) is 4.74 Å². The average molecular weight is 562 g/mol. The monoisotopic (exact) mass is 561 g/mol. The molecule has 0 aliphatic carbocycles. The van der Waals surface area contributed by atoms with Gasteiger partial charge in [-0.1, -0.05) is 42.1 Å². The Morgan fingerprint density at radius 1 is 0.872 bits per heavy atom. The summed E-state index contributed by atoms with van der Waals surface area (Å²) >= 11 is 1.54. The summed E-state index contributed by atoms with van der Waals surface area (Å²) in [6, 6.07) is 24.8. The Bertz CT molecular complexity index is 1660. The number of nitro groups is 1. The first-order chi connectivity index (χ1) is 18.7. The van der Waals surface area contributed by atoms with E-state index in [0.717, 1.165) is 15.9 Å². The molecule has 4 aromatic carbocycles. The zero-order valence-corrected chi connectivity index (χ0v) is 21.6. The number of esters is 1. The molecule has 10 nitrogen and oxygen atoms in total. The minimum absolute atomic E-state index is 0.0654. The van der Waals surface area contributed by atoms with Crippen molar-refractivity contribution in [3.8, 4) is 0 Å². The van der Waals surface area contributed by atoms with Crippen LogP contribution in [0.5, 0.6) is 0 Å². The number of nitrogens with one attached hydrogen (secondary N) is 1. The van der Waals surface area contributed by atoms with Crippen molar-refractivity contribution in [3.63, 3.8) is 0 Å². The van der Waals surface area contributed by atoms with Gasteiger partial charge in [0.1, 0.15) is 0 Å². The largest absolute Gasteiger partial charge is 0.452 e. The molecule has 1 heterocycles. The lowest BCUT2D eigenvalue weighted by Crippen LogP contribution is -2.32. The smallest absolute Gasteiger partial charge is 0.338 e. The van der Waals surface area contributed by atoms with Gasteiger partial charge in [-0.25, -0.2) is 13.2 Å². The number of carbonyl (C=O) groups excluding carboxylic acids is 2. The molecule has 12 heteroatoms. The summed E-state index contributed by atoms with van der Waals surface area (Å²) in [5.74, 6) is -1.34. The SMILES string of the molecule is O=C(OCC(=O)N1c2ccccc2Sc2ccccc21)c1cccc(S(=O)(=O)Nc2ccc([N+](=O)[O-])cc2)c1. The van der Waals surface area contributed by atoms with E-state index in [9.17, 15) is 28.1 Å². The van der Waals surface area contributed by atoms with Crippen molar-refractivity contribution >= 4 is 56.4 Å². The second-order valence-electron chi connectivity index (χ2n) is 8.28. The van der Waals surface area contributed by atoms with E-state index >= 15 is 0 Å². The van der Waals surface area contributed by atoms with Crippen LogP contribution in [0.1, 0.15) is 10.4 Å². The summed E-state index contributed by atoms with van der Waals surface area (Å²) in [5.41, 5.74) is 1.21. The number of amides is 1. The summed E-state index contributed by atoms with van der Waals surface area (Å²) in [4.78, 5) is 39.3. The van der Waals surface area contributed by atoms with Gasteiger partial charge >= 0.3 is 5.97 Å². The van der Waals surface area contributed by atoms with Crippen molar-refractivity contribution in [2.24, 2.45) is 0 Å². The number of carbonyl (C=O) groups is 2. The molecule has 39 heavy (non-hydrogen) atoms. The lowest BCUT2D eigenvalue weighted by atomic mass is 10.2. The van der Waals surface area contributed by atoms with Crippen molar-refractivity contribution in [3.05, 3.63) is 113 Å². The van der Waals surface area contributed by atoms with Crippen LogP contribution in [0.3, 0.4) is 0 Å². The van der Waals surface area contributed by atoms with E-state index in [2.05, 4.69) is 4.72 Å². The highest BCUT2D eigenvalue weighted by atomic mass is 32.2. The fourth-order valence-electron chi connectivity index (χ4n) is 3.90. The molecule has 1 aliphatic heterocycles. The highest BCUT2D eigenvalue weighted by Gasteiger charge is 2.28. The van der Waals surface area contributed by atoms with Gasteiger partial charge in [0, 0.05) is 27.6 Å². The summed E-state index contributed by atoms with van der Waals surface area (Å²) in [6.45, 7) is -0.565. The van der Waals surface area contributed by atoms with Crippen LogP contribution in [-0.4, -0.2) is 31.8 Å². The van der Waals surface area contributed by atoms with Crippen molar-refractivity contribution < 1.29 is 27.7 Å². The molecule has 1 amide bonds. The molecule has 0 radical (unpaired) electrons. The molecule has 1 aliphatic rings. The number of anilines is 3. The highest BCUT2D eigenvalue weighted by Crippen LogP contribution is 2.47. The Hall–Kier alpha value is -4.68. The van der Waals surface area contributed by atoms with E-state index in [-0.39, 0.29) is 21.8 Å². The van der Waals surface area contributed by atoms with Crippen LogP contribution in [-0.2, 0) is 19.6 Å². The zero-order valence-electron chi connectivity index (χ0n) is 20.0. The molecule has 0 aromatic heterocycles. The van der Waals surface area contributed by atoms with Gasteiger partial charge in [0.05, 0.1) is 26.8 Å². The third-order valence-electron chi connectivity index (χ3n) is 5.72. The zero-order chi connectivity index (χ0) is 27.6. The van der Waals surface area contributed by atoms with Crippen LogP contribution < -0.4 is 9.62 Å². The van der Waals surface area contributed by atoms with E-state index in [0.29, 0.717) is 11.4 Å². The van der Waals surface area contributed by atoms with E-state index in [1.54, 1.807) is 0 Å². The predicted octanol–water partition coefficient (Wildman–Crippen LogP) is 5.38. The van der Waals surface area contributed by atoms with Crippen LogP contribution in [0.15, 0.2) is 112 Å². The molecule has 4 aromatic rings. The van der Waals surface area contributed by atoms with Crippen LogP contribution in [0.2, 0.25) is 0 Å². The van der Waals surface area contributed by atoms with Crippen molar-refractivity contribution in [2.45, 2.75) is 14.7 Å². The molecule has 0 fully saturated rings. The fourth-order valence-corrected chi connectivity index (χ4v) is 6.07. The minimum atomic E-state index is -4.12. The Kier molecular flexibility index (Phi) is 7.05. The van der Waals surface area contributed by atoms with Gasteiger partial charge in [-0.2, -0.15) is 0 Å². The van der Waals surface area contributed by atoms with Gasteiger partial charge in [-0.15, -0.1) is 0 Å². The van der Waals surface area contributed by atoms with Gasteiger partial charge in [-0.05, 0) is 54.6 Å². The second-order valence-corrected chi connectivity index (χ2v) is 11.0. The van der Waals surface area contributed by atoms with Crippen LogP contribution >= 0.6 is 11.8 Å². The van der Waals surface area contributed by atoms with Crippen molar-refractivity contribution in [1.29, 1.82) is 0 Å².